The van der Waals surface area contributed by atoms with Gasteiger partial charge in [-0.3, -0.25) is 9.59 Å². The predicted molar refractivity (Wildman–Crippen MR) is 90.0 cm³/mol. The first-order chi connectivity index (χ1) is 12.1. The monoisotopic (exact) mass is 349 g/mol. The molecule has 1 N–H and O–H groups in total. The highest BCUT2D eigenvalue weighted by molar-refractivity contribution is 5.77. The second-order valence-corrected chi connectivity index (χ2v) is 7.20. The van der Waals surface area contributed by atoms with E-state index in [-0.39, 0.29) is 18.4 Å². The molecule has 1 saturated heterocycles. The number of nitrogens with zero attached hydrogens (tertiary/aromatic N) is 3. The zero-order valence-corrected chi connectivity index (χ0v) is 14.7. The first kappa shape index (κ1) is 17.9. The van der Waals surface area contributed by atoms with Crippen LogP contribution in [0.25, 0.3) is 0 Å². The van der Waals surface area contributed by atoms with Crippen molar-refractivity contribution in [3.05, 3.63) is 11.7 Å². The van der Waals surface area contributed by atoms with Crippen molar-refractivity contribution in [2.24, 2.45) is 0 Å². The second kappa shape index (κ2) is 8.45. The summed E-state index contributed by atoms with van der Waals surface area (Å²) in [6.45, 7) is 0.722. The van der Waals surface area contributed by atoms with Crippen molar-refractivity contribution >= 4 is 11.9 Å². The number of aromatic nitrogens is 2. The van der Waals surface area contributed by atoms with Crippen molar-refractivity contribution in [3.63, 3.8) is 0 Å². The number of carbonyl (C=O) groups is 2. The topological polar surface area (TPSA) is 96.5 Å². The van der Waals surface area contributed by atoms with Crippen LogP contribution in [0.1, 0.15) is 81.8 Å². The van der Waals surface area contributed by atoms with E-state index in [1.165, 1.54) is 12.8 Å². The van der Waals surface area contributed by atoms with Crippen molar-refractivity contribution in [1.82, 2.24) is 15.0 Å². The Labute approximate surface area is 147 Å². The molecule has 1 saturated carbocycles. The van der Waals surface area contributed by atoms with Gasteiger partial charge in [-0.1, -0.05) is 18.0 Å². The Kier molecular flexibility index (Phi) is 6.04. The highest BCUT2D eigenvalue weighted by Crippen LogP contribution is 2.32. The van der Waals surface area contributed by atoms with Gasteiger partial charge in [-0.25, -0.2) is 0 Å². The van der Waals surface area contributed by atoms with E-state index >= 15 is 0 Å². The molecule has 0 spiro atoms. The van der Waals surface area contributed by atoms with Gasteiger partial charge >= 0.3 is 5.97 Å². The number of likely N-dealkylation sites (tertiary alicyclic amines) is 1. The third kappa shape index (κ3) is 4.80. The lowest BCUT2D eigenvalue weighted by Gasteiger charge is -2.35. The largest absolute Gasteiger partial charge is 0.481 e. The summed E-state index contributed by atoms with van der Waals surface area (Å²) in [6.07, 6.45) is 9.08. The molecule has 1 aliphatic heterocycles. The van der Waals surface area contributed by atoms with Gasteiger partial charge in [0, 0.05) is 37.8 Å². The minimum absolute atomic E-state index is 0.0501. The Balaban J connectivity index is 1.51. The van der Waals surface area contributed by atoms with Gasteiger partial charge < -0.3 is 14.5 Å². The zero-order chi connectivity index (χ0) is 17.6. The maximum absolute atomic E-state index is 12.6. The van der Waals surface area contributed by atoms with Crippen LogP contribution in [-0.4, -0.2) is 44.6 Å². The van der Waals surface area contributed by atoms with Gasteiger partial charge in [0.2, 0.25) is 11.8 Å². The lowest BCUT2D eigenvalue weighted by atomic mass is 9.97. The van der Waals surface area contributed by atoms with Crippen molar-refractivity contribution in [2.45, 2.75) is 82.6 Å². The molecule has 0 bridgehead atoms. The Morgan fingerprint density at radius 2 is 1.88 bits per heavy atom. The van der Waals surface area contributed by atoms with Crippen LogP contribution >= 0.6 is 0 Å². The fourth-order valence-corrected chi connectivity index (χ4v) is 4.00. The minimum Gasteiger partial charge on any atom is -0.481 e. The van der Waals surface area contributed by atoms with Crippen molar-refractivity contribution < 1.29 is 19.2 Å². The number of aryl methyl sites for hydroxylation is 1. The summed E-state index contributed by atoms with van der Waals surface area (Å²) in [5, 5.41) is 13.0. The van der Waals surface area contributed by atoms with E-state index in [0.29, 0.717) is 31.1 Å². The van der Waals surface area contributed by atoms with Gasteiger partial charge in [-0.15, -0.1) is 0 Å². The predicted octanol–water partition coefficient (Wildman–Crippen LogP) is 2.91. The molecule has 0 unspecified atom stereocenters. The summed E-state index contributed by atoms with van der Waals surface area (Å²) >= 11 is 0. The van der Waals surface area contributed by atoms with Gasteiger partial charge in [0.25, 0.3) is 0 Å². The van der Waals surface area contributed by atoms with E-state index in [0.717, 1.165) is 44.5 Å². The van der Waals surface area contributed by atoms with E-state index in [9.17, 15) is 9.59 Å². The molecule has 2 aliphatic rings. The van der Waals surface area contributed by atoms with Gasteiger partial charge in [0.15, 0.2) is 5.82 Å². The standard InChI is InChI=1S/C18H27N3O4/c22-16(21-12-4-3-7-14(21)8-11-17(23)24)10-9-15-19-18(20-25-15)13-5-1-2-6-13/h13-14H,1-12H2,(H,23,24)/t14-/m1/s1. The number of rotatable bonds is 7. The van der Waals surface area contributed by atoms with Crippen molar-refractivity contribution in [3.8, 4) is 0 Å². The molecule has 1 aromatic rings. The second-order valence-electron chi connectivity index (χ2n) is 7.20. The Bertz CT molecular complexity index is 595. The molecule has 1 aliphatic carbocycles. The lowest BCUT2D eigenvalue weighted by Crippen LogP contribution is -2.44. The van der Waals surface area contributed by atoms with Crippen molar-refractivity contribution in [1.29, 1.82) is 0 Å². The molecule has 7 nitrogen and oxygen atoms in total. The van der Waals surface area contributed by atoms with E-state index in [2.05, 4.69) is 10.1 Å². The van der Waals surface area contributed by atoms with Crippen LogP contribution in [0, 0.1) is 0 Å². The summed E-state index contributed by atoms with van der Waals surface area (Å²) in [7, 11) is 0. The number of hydrogen-bond donors (Lipinski definition) is 1. The molecule has 1 atom stereocenters. The maximum atomic E-state index is 12.6. The summed E-state index contributed by atoms with van der Waals surface area (Å²) in [5.74, 6) is 1.00. The quantitative estimate of drug-likeness (QED) is 0.813. The van der Waals surface area contributed by atoms with E-state index in [1.807, 2.05) is 4.90 Å². The van der Waals surface area contributed by atoms with Gasteiger partial charge in [0.05, 0.1) is 0 Å². The molecule has 2 heterocycles. The number of hydrogen-bond acceptors (Lipinski definition) is 5. The fraction of sp³-hybridized carbons (Fsp3) is 0.778. The normalized spacial score (nSPS) is 21.6. The molecule has 1 amide bonds. The molecular weight excluding hydrogens is 322 g/mol. The molecule has 2 fully saturated rings. The first-order valence-electron chi connectivity index (χ1n) is 9.47. The van der Waals surface area contributed by atoms with Gasteiger partial charge in [-0.05, 0) is 38.5 Å². The van der Waals surface area contributed by atoms with Crippen LogP contribution in [0.5, 0.6) is 0 Å². The smallest absolute Gasteiger partial charge is 0.303 e. The number of piperidine rings is 1. The molecule has 7 heteroatoms. The first-order valence-corrected chi connectivity index (χ1v) is 9.47. The van der Waals surface area contributed by atoms with Crippen LogP contribution in [0.2, 0.25) is 0 Å². The third-order valence-corrected chi connectivity index (χ3v) is 5.40. The molecule has 138 valence electrons. The van der Waals surface area contributed by atoms with Crippen LogP contribution in [-0.2, 0) is 16.0 Å². The number of amides is 1. The molecule has 0 radical (unpaired) electrons. The number of carboxylic acids is 1. The Morgan fingerprint density at radius 3 is 2.64 bits per heavy atom. The maximum Gasteiger partial charge on any atom is 0.303 e. The van der Waals surface area contributed by atoms with Crippen LogP contribution < -0.4 is 0 Å². The highest BCUT2D eigenvalue weighted by atomic mass is 16.5. The SMILES string of the molecule is O=C(O)CC[C@H]1CCCCN1C(=O)CCc1nc(C2CCCC2)no1. The van der Waals surface area contributed by atoms with Crippen LogP contribution in [0.3, 0.4) is 0 Å². The van der Waals surface area contributed by atoms with E-state index < -0.39 is 5.97 Å². The molecule has 3 rings (SSSR count). The van der Waals surface area contributed by atoms with Crippen LogP contribution in [0.15, 0.2) is 4.52 Å². The number of aliphatic carboxylic acids is 1. The molecule has 1 aromatic heterocycles. The summed E-state index contributed by atoms with van der Waals surface area (Å²) in [4.78, 5) is 29.7. The highest BCUT2D eigenvalue weighted by Gasteiger charge is 2.27. The third-order valence-electron chi connectivity index (χ3n) is 5.40. The van der Waals surface area contributed by atoms with E-state index in [1.54, 1.807) is 0 Å². The average Bonchev–Trinajstić information content (AvgIpc) is 3.29. The Hall–Kier alpha value is -1.92. The summed E-state index contributed by atoms with van der Waals surface area (Å²) in [6, 6.07) is 0.0501. The lowest BCUT2D eigenvalue weighted by molar-refractivity contribution is -0.140. The molecule has 25 heavy (non-hydrogen) atoms. The van der Waals surface area contributed by atoms with Crippen LogP contribution in [0.4, 0.5) is 0 Å². The summed E-state index contributed by atoms with van der Waals surface area (Å²) in [5.41, 5.74) is 0. The Morgan fingerprint density at radius 1 is 1.12 bits per heavy atom. The van der Waals surface area contributed by atoms with Gasteiger partial charge in [-0.2, -0.15) is 4.98 Å². The number of carbonyl (C=O) groups excluding carboxylic acids is 1. The van der Waals surface area contributed by atoms with E-state index in [4.69, 9.17) is 9.63 Å². The zero-order valence-electron chi connectivity index (χ0n) is 14.7. The number of carboxylic acid groups (broad SMARTS) is 1. The fourth-order valence-electron chi connectivity index (χ4n) is 4.00. The van der Waals surface area contributed by atoms with Crippen molar-refractivity contribution in [2.75, 3.05) is 6.54 Å². The molecule has 0 aromatic carbocycles. The summed E-state index contributed by atoms with van der Waals surface area (Å²) < 4.78 is 5.31. The van der Waals surface area contributed by atoms with Gasteiger partial charge in [0.1, 0.15) is 0 Å². The molecular formula is C18H27N3O4. The minimum atomic E-state index is -0.803. The average molecular weight is 349 g/mol.